The van der Waals surface area contributed by atoms with E-state index in [1.165, 1.54) is 12.1 Å². The Balaban J connectivity index is 2.65. The molecule has 0 unspecified atom stereocenters. The molecule has 0 atom stereocenters. The van der Waals surface area contributed by atoms with Crippen molar-refractivity contribution in [2.45, 2.75) is 0 Å². The maximum absolute atomic E-state index is 11.4. The molecule has 0 aliphatic heterocycles. The Morgan fingerprint density at radius 1 is 1.18 bits per heavy atom. The van der Waals surface area contributed by atoms with Crippen LogP contribution in [0.1, 0.15) is 10.4 Å². The van der Waals surface area contributed by atoms with E-state index in [2.05, 4.69) is 6.58 Å². The number of nitrogens with one attached hydrogen (secondary N) is 2. The first-order valence-corrected chi connectivity index (χ1v) is 6.05. The quantitative estimate of drug-likeness (QED) is 0.826. The highest BCUT2D eigenvalue weighted by molar-refractivity contribution is 7.92. The molecule has 0 aliphatic carbocycles. The zero-order chi connectivity index (χ0) is 12.9. The number of hydrogen-bond donors (Lipinski definition) is 2. The number of carbonyl (C=O) groups is 2. The average molecular weight is 254 g/mol. The van der Waals surface area contributed by atoms with Gasteiger partial charge < -0.3 is 0 Å². The third-order valence-corrected chi connectivity index (χ3v) is 2.63. The molecule has 1 aromatic carbocycles. The number of hydrogen-bond acceptors (Lipinski definition) is 4. The van der Waals surface area contributed by atoms with E-state index >= 15 is 0 Å². The molecule has 0 fully saturated rings. The lowest BCUT2D eigenvalue weighted by molar-refractivity contribution is 0.0965. The van der Waals surface area contributed by atoms with E-state index < -0.39 is 22.0 Å². The second-order valence-electron chi connectivity index (χ2n) is 2.96. The van der Waals surface area contributed by atoms with Crippen molar-refractivity contribution in [1.29, 1.82) is 0 Å². The van der Waals surface area contributed by atoms with Crippen molar-refractivity contribution < 1.29 is 18.0 Å². The van der Waals surface area contributed by atoms with Gasteiger partial charge in [0.05, 0.1) is 0 Å². The predicted octanol–water partition coefficient (Wildman–Crippen LogP) is 0.599. The van der Waals surface area contributed by atoms with E-state index in [0.29, 0.717) is 5.41 Å². The van der Waals surface area contributed by atoms with Crippen LogP contribution in [0.15, 0.2) is 42.3 Å². The van der Waals surface area contributed by atoms with E-state index in [-0.39, 0.29) is 5.56 Å². The van der Waals surface area contributed by atoms with Gasteiger partial charge in [0.15, 0.2) is 0 Å². The minimum atomic E-state index is -3.90. The number of rotatable bonds is 3. The Hall–Kier alpha value is -2.15. The highest BCUT2D eigenvalue weighted by atomic mass is 32.2. The van der Waals surface area contributed by atoms with Crippen molar-refractivity contribution >= 4 is 22.0 Å². The number of sulfonamides is 1. The van der Waals surface area contributed by atoms with Crippen LogP contribution in [0, 0.1) is 0 Å². The Morgan fingerprint density at radius 3 is 2.29 bits per heavy atom. The minimum absolute atomic E-state index is 0.249. The summed E-state index contributed by atoms with van der Waals surface area (Å²) in [5.41, 5.74) is 0.249. The molecule has 3 amide bonds. The van der Waals surface area contributed by atoms with Crippen molar-refractivity contribution in [2.24, 2.45) is 0 Å². The first-order chi connectivity index (χ1) is 7.94. The first kappa shape index (κ1) is 12.9. The molecule has 0 saturated carbocycles. The van der Waals surface area contributed by atoms with E-state index in [4.69, 9.17) is 0 Å². The smallest absolute Gasteiger partial charge is 0.273 e. The maximum atomic E-state index is 11.4. The summed E-state index contributed by atoms with van der Waals surface area (Å²) in [5, 5.41) is 2.44. The van der Waals surface area contributed by atoms with Crippen LogP contribution in [0.4, 0.5) is 4.79 Å². The van der Waals surface area contributed by atoms with Gasteiger partial charge in [-0.3, -0.25) is 10.1 Å². The van der Waals surface area contributed by atoms with Crippen molar-refractivity contribution in [1.82, 2.24) is 10.0 Å². The van der Waals surface area contributed by atoms with Crippen LogP contribution in [0.2, 0.25) is 0 Å². The maximum Gasteiger partial charge on any atom is 0.335 e. The van der Waals surface area contributed by atoms with E-state index in [1.807, 2.05) is 5.32 Å². The van der Waals surface area contributed by atoms with Gasteiger partial charge in [0, 0.05) is 11.0 Å². The lowest BCUT2D eigenvalue weighted by atomic mass is 10.2. The molecule has 0 saturated heterocycles. The fraction of sp³-hybridized carbons (Fsp3) is 0. The number of imide groups is 1. The largest absolute Gasteiger partial charge is 0.335 e. The molecule has 7 heteroatoms. The van der Waals surface area contributed by atoms with Crippen molar-refractivity contribution in [3.05, 3.63) is 47.9 Å². The minimum Gasteiger partial charge on any atom is -0.273 e. The normalized spacial score (nSPS) is 10.4. The van der Waals surface area contributed by atoms with Gasteiger partial charge in [-0.1, -0.05) is 24.8 Å². The fourth-order valence-electron chi connectivity index (χ4n) is 0.961. The molecule has 1 rings (SSSR count). The molecule has 0 heterocycles. The molecule has 6 nitrogen and oxygen atoms in total. The van der Waals surface area contributed by atoms with Gasteiger partial charge in [-0.05, 0) is 12.1 Å². The third-order valence-electron chi connectivity index (χ3n) is 1.72. The van der Waals surface area contributed by atoms with Gasteiger partial charge in [0.1, 0.15) is 0 Å². The summed E-state index contributed by atoms with van der Waals surface area (Å²) < 4.78 is 23.4. The van der Waals surface area contributed by atoms with Gasteiger partial charge in [-0.2, -0.15) is 0 Å². The van der Waals surface area contributed by atoms with Crippen LogP contribution >= 0.6 is 0 Å². The van der Waals surface area contributed by atoms with Crippen LogP contribution in [-0.2, 0) is 10.0 Å². The van der Waals surface area contributed by atoms with Crippen molar-refractivity contribution in [2.75, 3.05) is 0 Å². The Kier molecular flexibility index (Phi) is 4.00. The van der Waals surface area contributed by atoms with Gasteiger partial charge in [0.25, 0.3) is 15.9 Å². The number of amides is 3. The molecule has 0 bridgehead atoms. The van der Waals surface area contributed by atoms with Crippen LogP contribution in [-0.4, -0.2) is 20.4 Å². The summed E-state index contributed by atoms with van der Waals surface area (Å²) in [6.07, 6.45) is 0. The first-order valence-electron chi connectivity index (χ1n) is 4.50. The zero-order valence-corrected chi connectivity index (χ0v) is 9.53. The van der Waals surface area contributed by atoms with E-state index in [0.717, 1.165) is 0 Å². The molecule has 0 spiro atoms. The second kappa shape index (κ2) is 5.26. The van der Waals surface area contributed by atoms with Crippen LogP contribution in [0.25, 0.3) is 0 Å². The second-order valence-corrected chi connectivity index (χ2v) is 4.59. The SMILES string of the molecule is C=CS(=O)(=O)NC(=O)NC(=O)c1ccccc1. The van der Waals surface area contributed by atoms with Crippen LogP contribution < -0.4 is 10.0 Å². The van der Waals surface area contributed by atoms with Gasteiger partial charge in [0.2, 0.25) is 0 Å². The molecule has 0 aliphatic rings. The summed E-state index contributed by atoms with van der Waals surface area (Å²) in [5.74, 6) is -0.692. The molecule has 1 aromatic rings. The standard InChI is InChI=1S/C10H10N2O4S/c1-2-17(15,16)12-10(14)11-9(13)8-6-4-3-5-7-8/h2-7H,1H2,(H2,11,12,13,14). The van der Waals surface area contributed by atoms with Gasteiger partial charge >= 0.3 is 6.03 Å². The average Bonchev–Trinajstić information content (AvgIpc) is 2.29. The van der Waals surface area contributed by atoms with Gasteiger partial charge in [-0.15, -0.1) is 0 Å². The number of carbonyl (C=O) groups excluding carboxylic acids is 2. The Bertz CT molecular complexity index is 537. The molecule has 17 heavy (non-hydrogen) atoms. The van der Waals surface area contributed by atoms with Crippen molar-refractivity contribution in [3.63, 3.8) is 0 Å². The Labute approximate surface area is 98.4 Å². The third kappa shape index (κ3) is 4.07. The monoisotopic (exact) mass is 254 g/mol. The van der Waals surface area contributed by atoms with E-state index in [1.54, 1.807) is 22.9 Å². The van der Waals surface area contributed by atoms with E-state index in [9.17, 15) is 18.0 Å². The highest BCUT2D eigenvalue weighted by Crippen LogP contribution is 1.97. The molecular formula is C10H10N2O4S. The van der Waals surface area contributed by atoms with Crippen LogP contribution in [0.5, 0.6) is 0 Å². The molecule has 90 valence electrons. The summed E-state index contributed by atoms with van der Waals surface area (Å²) in [6, 6.07) is 6.80. The summed E-state index contributed by atoms with van der Waals surface area (Å²) >= 11 is 0. The highest BCUT2D eigenvalue weighted by Gasteiger charge is 2.13. The number of benzene rings is 1. The molecular weight excluding hydrogens is 244 g/mol. The molecule has 0 aromatic heterocycles. The van der Waals surface area contributed by atoms with Crippen LogP contribution in [0.3, 0.4) is 0 Å². The topological polar surface area (TPSA) is 92.3 Å². The lowest BCUT2D eigenvalue weighted by Gasteiger charge is -2.04. The number of urea groups is 1. The van der Waals surface area contributed by atoms with Crippen molar-refractivity contribution in [3.8, 4) is 0 Å². The lowest BCUT2D eigenvalue weighted by Crippen LogP contribution is -2.41. The summed E-state index contributed by atoms with van der Waals surface area (Å²) in [4.78, 5) is 22.6. The molecule has 0 radical (unpaired) electrons. The Morgan fingerprint density at radius 2 is 1.76 bits per heavy atom. The predicted molar refractivity (Wildman–Crippen MR) is 61.6 cm³/mol. The van der Waals surface area contributed by atoms with Gasteiger partial charge in [-0.25, -0.2) is 17.9 Å². The zero-order valence-electron chi connectivity index (χ0n) is 8.71. The fourth-order valence-corrected chi connectivity index (χ4v) is 1.35. The summed E-state index contributed by atoms with van der Waals surface area (Å²) in [6.45, 7) is 3.01. The summed E-state index contributed by atoms with van der Waals surface area (Å²) in [7, 11) is -3.90. The molecule has 2 N–H and O–H groups in total.